The number of nitrogens with zero attached hydrogens (tertiary/aromatic N) is 1. The molecule has 1 fully saturated rings. The number of nitrogens with one attached hydrogen (secondary N) is 2. The molecule has 0 aliphatic heterocycles. The van der Waals surface area contributed by atoms with Crippen LogP contribution in [-0.4, -0.2) is 17.6 Å². The fraction of sp³-hybridized carbons (Fsp3) is 0.706. The minimum atomic E-state index is 0.649. The van der Waals surface area contributed by atoms with Gasteiger partial charge in [-0.3, -0.25) is 0 Å². The predicted octanol–water partition coefficient (Wildman–Crippen LogP) is 4.33. The molecule has 0 atom stereocenters. The minimum absolute atomic E-state index is 0.649. The first-order chi connectivity index (χ1) is 9.97. The van der Waals surface area contributed by atoms with E-state index in [9.17, 15) is 0 Å². The predicted molar refractivity (Wildman–Crippen MR) is 90.8 cm³/mol. The number of halogens is 1. The average molecular weight is 310 g/mol. The molecule has 4 heteroatoms. The summed E-state index contributed by atoms with van der Waals surface area (Å²) in [5.74, 6) is 2.91. The minimum Gasteiger partial charge on any atom is -0.370 e. The second-order valence-electron chi connectivity index (χ2n) is 6.81. The highest BCUT2D eigenvalue weighted by molar-refractivity contribution is 6.31. The van der Waals surface area contributed by atoms with Gasteiger partial charge < -0.3 is 10.6 Å². The molecular weight excluding hydrogens is 282 g/mol. The third kappa shape index (κ3) is 5.15. The molecule has 1 heterocycles. The smallest absolute Gasteiger partial charge is 0.126 e. The number of anilines is 1. The maximum absolute atomic E-state index is 6.23. The van der Waals surface area contributed by atoms with Crippen molar-refractivity contribution in [3.8, 4) is 0 Å². The van der Waals surface area contributed by atoms with Gasteiger partial charge >= 0.3 is 0 Å². The molecule has 0 aromatic carbocycles. The zero-order valence-corrected chi connectivity index (χ0v) is 14.4. The summed E-state index contributed by atoms with van der Waals surface area (Å²) in [5.41, 5.74) is 0.944. The number of aromatic nitrogens is 1. The quantitative estimate of drug-likeness (QED) is 0.750. The highest BCUT2D eigenvalue weighted by atomic mass is 35.5. The Hall–Kier alpha value is -0.800. The zero-order chi connectivity index (χ0) is 15.4. The maximum Gasteiger partial charge on any atom is 0.126 e. The van der Waals surface area contributed by atoms with Gasteiger partial charge in [-0.15, -0.1) is 0 Å². The van der Waals surface area contributed by atoms with E-state index in [1.165, 1.54) is 12.8 Å². The van der Waals surface area contributed by atoms with Crippen LogP contribution >= 0.6 is 11.6 Å². The van der Waals surface area contributed by atoms with Crippen LogP contribution in [0.25, 0.3) is 0 Å². The van der Waals surface area contributed by atoms with Gasteiger partial charge in [-0.05, 0) is 42.7 Å². The van der Waals surface area contributed by atoms with Gasteiger partial charge in [-0.1, -0.05) is 39.3 Å². The molecule has 21 heavy (non-hydrogen) atoms. The summed E-state index contributed by atoms with van der Waals surface area (Å²) in [5, 5.41) is 7.70. The topological polar surface area (TPSA) is 37.0 Å². The molecular formula is C17H28ClN3. The van der Waals surface area contributed by atoms with Gasteiger partial charge in [0, 0.05) is 19.1 Å². The monoisotopic (exact) mass is 309 g/mol. The van der Waals surface area contributed by atoms with Crippen LogP contribution in [0.5, 0.6) is 0 Å². The maximum atomic E-state index is 6.23. The fourth-order valence-electron chi connectivity index (χ4n) is 2.70. The number of rotatable bonds is 8. The Morgan fingerprint density at radius 1 is 1.19 bits per heavy atom. The first-order valence-corrected chi connectivity index (χ1v) is 8.47. The Morgan fingerprint density at radius 2 is 1.86 bits per heavy atom. The van der Waals surface area contributed by atoms with Gasteiger partial charge in [0.05, 0.1) is 10.7 Å². The SMILES string of the molecule is CC(C)C(CNc1ccc(Cl)c(CNC2CC2)n1)C(C)C. The van der Waals surface area contributed by atoms with E-state index in [0.717, 1.165) is 29.6 Å². The number of pyridine rings is 1. The number of hydrogen-bond acceptors (Lipinski definition) is 3. The highest BCUT2D eigenvalue weighted by Crippen LogP contribution is 2.23. The molecule has 2 N–H and O–H groups in total. The van der Waals surface area contributed by atoms with Crippen LogP contribution in [-0.2, 0) is 6.54 Å². The summed E-state index contributed by atoms with van der Waals surface area (Å²) in [6.07, 6.45) is 2.56. The zero-order valence-electron chi connectivity index (χ0n) is 13.6. The second-order valence-corrected chi connectivity index (χ2v) is 7.22. The van der Waals surface area contributed by atoms with Gasteiger partial charge in [-0.25, -0.2) is 4.98 Å². The molecule has 0 unspecified atom stereocenters. The van der Waals surface area contributed by atoms with E-state index in [2.05, 4.69) is 43.3 Å². The molecule has 1 aromatic heterocycles. The van der Waals surface area contributed by atoms with Crippen molar-refractivity contribution in [3.05, 3.63) is 22.8 Å². The Labute approximate surface area is 133 Å². The number of hydrogen-bond donors (Lipinski definition) is 2. The molecule has 0 amide bonds. The molecule has 1 aromatic rings. The highest BCUT2D eigenvalue weighted by Gasteiger charge is 2.21. The van der Waals surface area contributed by atoms with Crippen molar-refractivity contribution in [2.75, 3.05) is 11.9 Å². The van der Waals surface area contributed by atoms with Crippen LogP contribution in [0.3, 0.4) is 0 Å². The summed E-state index contributed by atoms with van der Waals surface area (Å²) in [6, 6.07) is 4.59. The first-order valence-electron chi connectivity index (χ1n) is 8.10. The van der Waals surface area contributed by atoms with Crippen molar-refractivity contribution in [2.24, 2.45) is 17.8 Å². The van der Waals surface area contributed by atoms with Crippen LogP contribution in [0.1, 0.15) is 46.2 Å². The van der Waals surface area contributed by atoms with Crippen molar-refractivity contribution in [3.63, 3.8) is 0 Å². The van der Waals surface area contributed by atoms with Gasteiger partial charge in [0.2, 0.25) is 0 Å². The normalized spacial score (nSPS) is 15.2. The van der Waals surface area contributed by atoms with Crippen molar-refractivity contribution in [1.82, 2.24) is 10.3 Å². The van der Waals surface area contributed by atoms with E-state index in [1.807, 2.05) is 12.1 Å². The van der Waals surface area contributed by atoms with Gasteiger partial charge in [0.25, 0.3) is 0 Å². The van der Waals surface area contributed by atoms with Crippen LogP contribution in [0.2, 0.25) is 5.02 Å². The Balaban J connectivity index is 1.94. The van der Waals surface area contributed by atoms with Crippen LogP contribution < -0.4 is 10.6 Å². The molecule has 0 saturated heterocycles. The van der Waals surface area contributed by atoms with E-state index in [0.29, 0.717) is 23.8 Å². The summed E-state index contributed by atoms with van der Waals surface area (Å²) >= 11 is 6.23. The summed E-state index contributed by atoms with van der Waals surface area (Å²) in [4.78, 5) is 4.66. The van der Waals surface area contributed by atoms with E-state index in [4.69, 9.17) is 11.6 Å². The van der Waals surface area contributed by atoms with Crippen LogP contribution in [0.15, 0.2) is 12.1 Å². The summed E-state index contributed by atoms with van der Waals surface area (Å²) < 4.78 is 0. The van der Waals surface area contributed by atoms with Crippen LogP contribution in [0.4, 0.5) is 5.82 Å². The molecule has 0 bridgehead atoms. The molecule has 1 saturated carbocycles. The molecule has 0 radical (unpaired) electrons. The van der Waals surface area contributed by atoms with Gasteiger partial charge in [0.1, 0.15) is 5.82 Å². The van der Waals surface area contributed by atoms with Crippen molar-refractivity contribution in [2.45, 2.75) is 53.1 Å². The third-order valence-corrected chi connectivity index (χ3v) is 4.63. The van der Waals surface area contributed by atoms with Crippen molar-refractivity contribution in [1.29, 1.82) is 0 Å². The lowest BCUT2D eigenvalue weighted by atomic mass is 9.85. The first kappa shape index (κ1) is 16.6. The molecule has 1 aliphatic rings. The lowest BCUT2D eigenvalue weighted by Gasteiger charge is -2.25. The van der Waals surface area contributed by atoms with E-state index in [1.54, 1.807) is 0 Å². The van der Waals surface area contributed by atoms with Gasteiger partial charge in [-0.2, -0.15) is 0 Å². The standard InChI is InChI=1S/C17H28ClN3/c1-11(2)14(12(3)4)9-20-17-8-7-15(18)16(21-17)10-19-13-5-6-13/h7-8,11-14,19H,5-6,9-10H2,1-4H3,(H,20,21). The molecule has 2 rings (SSSR count). The third-order valence-electron chi connectivity index (χ3n) is 4.29. The van der Waals surface area contributed by atoms with E-state index in [-0.39, 0.29) is 0 Å². The van der Waals surface area contributed by atoms with Gasteiger partial charge in [0.15, 0.2) is 0 Å². The molecule has 3 nitrogen and oxygen atoms in total. The summed E-state index contributed by atoms with van der Waals surface area (Å²) in [6.45, 7) is 10.9. The van der Waals surface area contributed by atoms with Crippen molar-refractivity contribution >= 4 is 17.4 Å². The largest absolute Gasteiger partial charge is 0.370 e. The Morgan fingerprint density at radius 3 is 2.43 bits per heavy atom. The van der Waals surface area contributed by atoms with E-state index < -0.39 is 0 Å². The fourth-order valence-corrected chi connectivity index (χ4v) is 2.87. The average Bonchev–Trinajstić information content (AvgIpc) is 3.22. The Bertz CT molecular complexity index is 447. The Kier molecular flexibility index (Phi) is 5.88. The molecule has 0 spiro atoms. The lowest BCUT2D eigenvalue weighted by molar-refractivity contribution is 0.304. The second kappa shape index (κ2) is 7.46. The summed E-state index contributed by atoms with van der Waals surface area (Å²) in [7, 11) is 0. The van der Waals surface area contributed by atoms with E-state index >= 15 is 0 Å². The van der Waals surface area contributed by atoms with Crippen LogP contribution in [0, 0.1) is 17.8 Å². The molecule has 1 aliphatic carbocycles. The molecule has 118 valence electrons. The lowest BCUT2D eigenvalue weighted by Crippen LogP contribution is -2.25. The van der Waals surface area contributed by atoms with Crippen molar-refractivity contribution < 1.29 is 0 Å².